The van der Waals surface area contributed by atoms with Gasteiger partial charge in [-0.2, -0.15) is 0 Å². The first-order valence-corrected chi connectivity index (χ1v) is 16.6. The van der Waals surface area contributed by atoms with E-state index in [-0.39, 0.29) is 11.5 Å². The maximum Gasteiger partial charge on any atom is 0.335 e. The van der Waals surface area contributed by atoms with Gasteiger partial charge in [-0.1, -0.05) is 77.4 Å². The molecule has 1 unspecified atom stereocenters. The number of hydrogen-bond donors (Lipinski definition) is 2. The molecule has 0 aromatic carbocycles. The van der Waals surface area contributed by atoms with Gasteiger partial charge in [-0.05, 0) is 77.9 Å². The topological polar surface area (TPSA) is 87.6 Å². The minimum absolute atomic E-state index is 0.0778. The van der Waals surface area contributed by atoms with Gasteiger partial charge in [0.15, 0.2) is 0 Å². The van der Waals surface area contributed by atoms with Crippen LogP contribution < -0.4 is 11.5 Å². The fraction of sp³-hybridized carbons (Fsp3) is 0.893. The Morgan fingerprint density at radius 3 is 1.79 bits per heavy atom. The SMILES string of the molecule is CCC(C)(C)O[Si](C)(CCCN)OC.CCCCCCCC/C=C\CCCCCCCC(N)=O. The van der Waals surface area contributed by atoms with Crippen LogP contribution in [0.1, 0.15) is 130 Å². The zero-order chi connectivity index (χ0) is 26.1. The molecule has 204 valence electrons. The summed E-state index contributed by atoms with van der Waals surface area (Å²) >= 11 is 0. The van der Waals surface area contributed by atoms with Gasteiger partial charge in [-0.15, -0.1) is 0 Å². The number of allylic oxidation sites excluding steroid dienone is 2. The van der Waals surface area contributed by atoms with Gasteiger partial charge in [0.05, 0.1) is 5.60 Å². The van der Waals surface area contributed by atoms with Crippen LogP contribution in [0, 0.1) is 0 Å². The first-order chi connectivity index (χ1) is 16.2. The van der Waals surface area contributed by atoms with Gasteiger partial charge in [0.2, 0.25) is 5.91 Å². The predicted molar refractivity (Wildman–Crippen MR) is 151 cm³/mol. The summed E-state index contributed by atoms with van der Waals surface area (Å²) in [5.41, 5.74) is 10.5. The van der Waals surface area contributed by atoms with Crippen molar-refractivity contribution >= 4 is 14.5 Å². The quantitative estimate of drug-likeness (QED) is 0.0902. The highest BCUT2D eigenvalue weighted by Gasteiger charge is 2.35. The Morgan fingerprint density at radius 1 is 0.853 bits per heavy atom. The molecule has 6 heteroatoms. The van der Waals surface area contributed by atoms with Crippen molar-refractivity contribution in [2.75, 3.05) is 13.7 Å². The smallest absolute Gasteiger partial charge is 0.335 e. The van der Waals surface area contributed by atoms with Gasteiger partial charge >= 0.3 is 8.56 Å². The van der Waals surface area contributed by atoms with Gasteiger partial charge in [0, 0.05) is 13.5 Å². The Morgan fingerprint density at radius 2 is 1.35 bits per heavy atom. The average Bonchev–Trinajstić information content (AvgIpc) is 2.80. The van der Waals surface area contributed by atoms with Crippen LogP contribution in [0.3, 0.4) is 0 Å². The third-order valence-corrected chi connectivity index (χ3v) is 9.41. The Kier molecular flexibility index (Phi) is 25.1. The Balaban J connectivity index is 0. The van der Waals surface area contributed by atoms with Crippen molar-refractivity contribution in [1.29, 1.82) is 0 Å². The average molecular weight is 501 g/mol. The van der Waals surface area contributed by atoms with E-state index in [0.717, 1.165) is 31.7 Å². The summed E-state index contributed by atoms with van der Waals surface area (Å²) in [6, 6.07) is 0.976. The molecule has 0 bridgehead atoms. The first kappa shape index (κ1) is 35.5. The van der Waals surface area contributed by atoms with Crippen LogP contribution >= 0.6 is 0 Å². The van der Waals surface area contributed by atoms with Gasteiger partial charge in [0.25, 0.3) is 0 Å². The van der Waals surface area contributed by atoms with Crippen LogP contribution in [0.15, 0.2) is 12.2 Å². The zero-order valence-electron chi connectivity index (χ0n) is 23.8. The van der Waals surface area contributed by atoms with Gasteiger partial charge in [-0.25, -0.2) is 0 Å². The van der Waals surface area contributed by atoms with E-state index < -0.39 is 8.56 Å². The van der Waals surface area contributed by atoms with Crippen molar-refractivity contribution in [3.8, 4) is 0 Å². The summed E-state index contributed by atoms with van der Waals surface area (Å²) < 4.78 is 11.6. The minimum atomic E-state index is -1.98. The summed E-state index contributed by atoms with van der Waals surface area (Å²) in [5.74, 6) is -0.164. The van der Waals surface area contributed by atoms with Gasteiger partial charge in [-0.3, -0.25) is 4.79 Å². The summed E-state index contributed by atoms with van der Waals surface area (Å²) in [7, 11) is -0.236. The molecule has 0 aliphatic heterocycles. The molecule has 34 heavy (non-hydrogen) atoms. The lowest BCUT2D eigenvalue weighted by atomic mass is 10.1. The normalized spacial score (nSPS) is 13.5. The fourth-order valence-corrected chi connectivity index (χ4v) is 6.19. The first-order valence-electron chi connectivity index (χ1n) is 14.0. The molecule has 0 fully saturated rings. The number of carbonyl (C=O) groups excluding carboxylic acids is 1. The molecule has 0 aliphatic carbocycles. The Hall–Kier alpha value is -0.693. The molecule has 0 heterocycles. The van der Waals surface area contributed by atoms with E-state index in [4.69, 9.17) is 20.3 Å². The van der Waals surface area contributed by atoms with E-state index in [1.165, 1.54) is 70.6 Å². The minimum Gasteiger partial charge on any atom is -0.398 e. The van der Waals surface area contributed by atoms with Crippen molar-refractivity contribution < 1.29 is 13.6 Å². The third kappa shape index (κ3) is 25.9. The highest BCUT2D eigenvalue weighted by Crippen LogP contribution is 2.24. The third-order valence-electron chi connectivity index (χ3n) is 6.30. The lowest BCUT2D eigenvalue weighted by Crippen LogP contribution is -2.45. The van der Waals surface area contributed by atoms with E-state index in [2.05, 4.69) is 46.4 Å². The molecule has 0 spiro atoms. The standard InChI is InChI=1S/C18H35NO.C10H25NO2Si/c1-2-3-4-5-6-7-8-9-10-11-12-13-14-15-16-17-18(19)20;1-6-10(2,3)13-14(5,12-4)9-7-8-11/h9-10H,2-8,11-17H2,1H3,(H2,19,20);6-9,11H2,1-5H3/b10-9-;. The second kappa shape index (κ2) is 24.0. The monoisotopic (exact) mass is 500 g/mol. The van der Waals surface area contributed by atoms with Crippen molar-refractivity contribution in [2.24, 2.45) is 11.5 Å². The van der Waals surface area contributed by atoms with Crippen molar-refractivity contribution in [2.45, 2.75) is 149 Å². The Bertz CT molecular complexity index is 486. The number of rotatable bonds is 22. The lowest BCUT2D eigenvalue weighted by molar-refractivity contribution is -0.118. The van der Waals surface area contributed by atoms with Crippen LogP contribution in [0.25, 0.3) is 0 Å². The molecular formula is C28H60N2O3Si. The summed E-state index contributed by atoms with van der Waals surface area (Å²) in [6.07, 6.45) is 23.9. The highest BCUT2D eigenvalue weighted by atomic mass is 28.4. The van der Waals surface area contributed by atoms with E-state index >= 15 is 0 Å². The maximum absolute atomic E-state index is 10.5. The van der Waals surface area contributed by atoms with E-state index in [0.29, 0.717) is 13.0 Å². The van der Waals surface area contributed by atoms with E-state index in [1.807, 2.05) is 0 Å². The van der Waals surface area contributed by atoms with Crippen LogP contribution in [-0.4, -0.2) is 33.7 Å². The molecule has 1 amide bonds. The molecule has 0 radical (unpaired) electrons. The molecule has 0 rings (SSSR count). The van der Waals surface area contributed by atoms with Gasteiger partial charge < -0.3 is 20.3 Å². The second-order valence-corrected chi connectivity index (χ2v) is 13.6. The number of amides is 1. The predicted octanol–water partition coefficient (Wildman–Crippen LogP) is 7.77. The van der Waals surface area contributed by atoms with Crippen LogP contribution in [0.2, 0.25) is 12.6 Å². The number of carbonyl (C=O) groups is 1. The molecular weight excluding hydrogens is 440 g/mol. The van der Waals surface area contributed by atoms with Crippen molar-refractivity contribution in [3.05, 3.63) is 12.2 Å². The number of hydrogen-bond acceptors (Lipinski definition) is 4. The number of unbranched alkanes of at least 4 members (excludes halogenated alkanes) is 11. The molecule has 4 N–H and O–H groups in total. The highest BCUT2D eigenvalue weighted by molar-refractivity contribution is 6.66. The Labute approximate surface area is 214 Å². The van der Waals surface area contributed by atoms with E-state index in [9.17, 15) is 4.79 Å². The van der Waals surface area contributed by atoms with Crippen LogP contribution in [0.5, 0.6) is 0 Å². The van der Waals surface area contributed by atoms with Crippen LogP contribution in [-0.2, 0) is 13.6 Å². The van der Waals surface area contributed by atoms with Crippen molar-refractivity contribution in [3.63, 3.8) is 0 Å². The van der Waals surface area contributed by atoms with Gasteiger partial charge in [0.1, 0.15) is 0 Å². The summed E-state index contributed by atoms with van der Waals surface area (Å²) in [5, 5.41) is 0. The molecule has 5 nitrogen and oxygen atoms in total. The van der Waals surface area contributed by atoms with Crippen LogP contribution in [0.4, 0.5) is 0 Å². The summed E-state index contributed by atoms with van der Waals surface area (Å²) in [6.45, 7) is 11.4. The zero-order valence-corrected chi connectivity index (χ0v) is 24.8. The fourth-order valence-electron chi connectivity index (χ4n) is 3.64. The van der Waals surface area contributed by atoms with E-state index in [1.54, 1.807) is 7.11 Å². The number of nitrogens with two attached hydrogens (primary N) is 2. The molecule has 1 atom stereocenters. The number of primary amides is 1. The molecule has 0 saturated heterocycles. The second-order valence-electron chi connectivity index (χ2n) is 10.2. The molecule has 0 aliphatic rings. The largest absolute Gasteiger partial charge is 0.398 e. The van der Waals surface area contributed by atoms with Crippen molar-refractivity contribution in [1.82, 2.24) is 0 Å². The molecule has 0 saturated carbocycles. The maximum atomic E-state index is 10.5. The molecule has 0 aromatic heterocycles. The summed E-state index contributed by atoms with van der Waals surface area (Å²) in [4.78, 5) is 10.5. The lowest BCUT2D eigenvalue weighted by Gasteiger charge is -2.35. The molecule has 0 aromatic rings.